The van der Waals surface area contributed by atoms with Crippen LogP contribution in [0.3, 0.4) is 0 Å². The maximum Gasteiger partial charge on any atom is 0.128 e. The van der Waals surface area contributed by atoms with Crippen molar-refractivity contribution in [3.63, 3.8) is 0 Å². The van der Waals surface area contributed by atoms with Crippen LogP contribution in [-0.2, 0) is 0 Å². The summed E-state index contributed by atoms with van der Waals surface area (Å²) in [6, 6.07) is 12.6. The summed E-state index contributed by atoms with van der Waals surface area (Å²) in [6.07, 6.45) is 8.21. The van der Waals surface area contributed by atoms with Gasteiger partial charge in [-0.3, -0.25) is 4.98 Å². The van der Waals surface area contributed by atoms with Gasteiger partial charge in [-0.05, 0) is 35.9 Å². The van der Waals surface area contributed by atoms with Crippen LogP contribution in [0.2, 0.25) is 0 Å². The molecule has 2 aliphatic heterocycles. The standard InChI is InChI=1S/C19H19N3O/c1-23-18-12-14(8-9-15(18)16-6-2-4-10-20-16)17-13-22-11-5-3-7-19(22)21-17/h2-10,12,17,21H,11,13H2,1H3. The zero-order chi connectivity index (χ0) is 15.6. The molecule has 3 heterocycles. The molecular weight excluding hydrogens is 286 g/mol. The Morgan fingerprint density at radius 1 is 1.26 bits per heavy atom. The van der Waals surface area contributed by atoms with Gasteiger partial charge in [0.1, 0.15) is 11.6 Å². The Bertz CT molecular complexity index is 767. The van der Waals surface area contributed by atoms with Crippen molar-refractivity contribution in [2.45, 2.75) is 6.04 Å². The second-order valence-electron chi connectivity index (χ2n) is 5.76. The van der Waals surface area contributed by atoms with Crippen molar-refractivity contribution < 1.29 is 4.74 Å². The molecule has 23 heavy (non-hydrogen) atoms. The van der Waals surface area contributed by atoms with Gasteiger partial charge < -0.3 is 15.0 Å². The first-order chi connectivity index (χ1) is 11.3. The molecule has 4 nitrogen and oxygen atoms in total. The van der Waals surface area contributed by atoms with E-state index in [9.17, 15) is 0 Å². The zero-order valence-electron chi connectivity index (χ0n) is 13.1. The molecule has 0 saturated carbocycles. The summed E-state index contributed by atoms with van der Waals surface area (Å²) in [6.45, 7) is 1.95. The molecule has 4 heteroatoms. The molecule has 0 aliphatic carbocycles. The van der Waals surface area contributed by atoms with E-state index in [2.05, 4.69) is 51.6 Å². The van der Waals surface area contributed by atoms with Gasteiger partial charge in [0.2, 0.25) is 0 Å². The van der Waals surface area contributed by atoms with Crippen molar-refractivity contribution in [1.82, 2.24) is 15.2 Å². The summed E-state index contributed by atoms with van der Waals surface area (Å²) in [5.74, 6) is 2.06. The van der Waals surface area contributed by atoms with Gasteiger partial charge in [-0.25, -0.2) is 0 Å². The molecule has 0 radical (unpaired) electrons. The Morgan fingerprint density at radius 2 is 2.22 bits per heavy atom. The number of pyridine rings is 1. The van der Waals surface area contributed by atoms with Gasteiger partial charge in [0.05, 0.1) is 18.8 Å². The number of nitrogens with one attached hydrogen (secondary N) is 1. The van der Waals surface area contributed by atoms with Crippen molar-refractivity contribution in [2.24, 2.45) is 0 Å². The van der Waals surface area contributed by atoms with Gasteiger partial charge >= 0.3 is 0 Å². The topological polar surface area (TPSA) is 37.4 Å². The number of rotatable bonds is 3. The lowest BCUT2D eigenvalue weighted by Gasteiger charge is -2.18. The Kier molecular flexibility index (Phi) is 3.50. The van der Waals surface area contributed by atoms with Gasteiger partial charge in [0.25, 0.3) is 0 Å². The van der Waals surface area contributed by atoms with Crippen LogP contribution in [0.4, 0.5) is 0 Å². The molecule has 2 aromatic rings. The highest BCUT2D eigenvalue weighted by atomic mass is 16.5. The number of allylic oxidation sites excluding steroid dienone is 2. The Balaban J connectivity index is 1.64. The fourth-order valence-electron chi connectivity index (χ4n) is 3.15. The van der Waals surface area contributed by atoms with E-state index in [1.807, 2.05) is 18.2 Å². The number of hydrogen-bond donors (Lipinski definition) is 1. The molecule has 1 atom stereocenters. The van der Waals surface area contributed by atoms with E-state index in [4.69, 9.17) is 4.74 Å². The molecule has 1 N–H and O–H groups in total. The summed E-state index contributed by atoms with van der Waals surface area (Å²) >= 11 is 0. The van der Waals surface area contributed by atoms with Crippen LogP contribution in [0, 0.1) is 0 Å². The maximum atomic E-state index is 5.61. The smallest absolute Gasteiger partial charge is 0.128 e. The third kappa shape index (κ3) is 2.57. The number of ether oxygens (including phenoxy) is 1. The number of methoxy groups -OCH3 is 1. The van der Waals surface area contributed by atoms with Crippen molar-refractivity contribution >= 4 is 0 Å². The zero-order valence-corrected chi connectivity index (χ0v) is 13.1. The highest BCUT2D eigenvalue weighted by molar-refractivity contribution is 5.67. The minimum Gasteiger partial charge on any atom is -0.496 e. The lowest BCUT2D eigenvalue weighted by atomic mass is 10.0. The Morgan fingerprint density at radius 3 is 3.00 bits per heavy atom. The average Bonchev–Trinajstić information content (AvgIpc) is 3.06. The van der Waals surface area contributed by atoms with Crippen LogP contribution in [0.15, 0.2) is 66.6 Å². The van der Waals surface area contributed by atoms with Crippen LogP contribution < -0.4 is 10.1 Å². The van der Waals surface area contributed by atoms with Gasteiger partial charge in [0.15, 0.2) is 0 Å². The van der Waals surface area contributed by atoms with E-state index < -0.39 is 0 Å². The van der Waals surface area contributed by atoms with Crippen molar-refractivity contribution in [3.05, 3.63) is 72.2 Å². The molecule has 1 fully saturated rings. The number of nitrogens with zero attached hydrogens (tertiary/aromatic N) is 2. The first-order valence-corrected chi connectivity index (χ1v) is 7.83. The van der Waals surface area contributed by atoms with E-state index in [0.717, 1.165) is 30.1 Å². The molecule has 0 amide bonds. The maximum absolute atomic E-state index is 5.61. The molecule has 1 unspecified atom stereocenters. The third-order valence-electron chi connectivity index (χ3n) is 4.35. The monoisotopic (exact) mass is 305 g/mol. The first kappa shape index (κ1) is 13.9. The van der Waals surface area contributed by atoms with Crippen molar-refractivity contribution in [2.75, 3.05) is 20.2 Å². The number of fused-ring (bicyclic) bond motifs is 1. The predicted octanol–water partition coefficient (Wildman–Crippen LogP) is 3.11. The second kappa shape index (κ2) is 5.80. The molecule has 0 spiro atoms. The van der Waals surface area contributed by atoms with Crippen LogP contribution in [0.25, 0.3) is 11.3 Å². The molecule has 2 aliphatic rings. The largest absolute Gasteiger partial charge is 0.496 e. The molecule has 0 bridgehead atoms. The van der Waals surface area contributed by atoms with E-state index in [-0.39, 0.29) is 6.04 Å². The first-order valence-electron chi connectivity index (χ1n) is 7.83. The summed E-state index contributed by atoms with van der Waals surface area (Å²) in [7, 11) is 1.71. The summed E-state index contributed by atoms with van der Waals surface area (Å²) < 4.78 is 5.61. The quantitative estimate of drug-likeness (QED) is 0.945. The molecule has 116 valence electrons. The average molecular weight is 305 g/mol. The predicted molar refractivity (Wildman–Crippen MR) is 90.9 cm³/mol. The molecule has 1 aromatic carbocycles. The molecule has 1 saturated heterocycles. The van der Waals surface area contributed by atoms with Gasteiger partial charge in [0, 0.05) is 24.8 Å². The summed E-state index contributed by atoms with van der Waals surface area (Å²) in [4.78, 5) is 6.77. The highest BCUT2D eigenvalue weighted by Crippen LogP contribution is 2.33. The van der Waals surface area contributed by atoms with E-state index in [0.29, 0.717) is 0 Å². The van der Waals surface area contributed by atoms with Gasteiger partial charge in [-0.1, -0.05) is 24.3 Å². The lowest BCUT2D eigenvalue weighted by molar-refractivity contribution is 0.412. The van der Waals surface area contributed by atoms with Crippen molar-refractivity contribution in [1.29, 1.82) is 0 Å². The number of benzene rings is 1. The van der Waals surface area contributed by atoms with Crippen LogP contribution >= 0.6 is 0 Å². The van der Waals surface area contributed by atoms with Gasteiger partial charge in [-0.15, -0.1) is 0 Å². The second-order valence-corrected chi connectivity index (χ2v) is 5.76. The Hall–Kier alpha value is -2.75. The van der Waals surface area contributed by atoms with Crippen LogP contribution in [-0.4, -0.2) is 30.1 Å². The minimum atomic E-state index is 0.285. The van der Waals surface area contributed by atoms with Crippen LogP contribution in [0.5, 0.6) is 5.75 Å². The van der Waals surface area contributed by atoms with E-state index >= 15 is 0 Å². The van der Waals surface area contributed by atoms with Crippen molar-refractivity contribution in [3.8, 4) is 17.0 Å². The fourth-order valence-corrected chi connectivity index (χ4v) is 3.15. The minimum absolute atomic E-state index is 0.285. The normalized spacial score (nSPS) is 19.1. The number of aromatic nitrogens is 1. The van der Waals surface area contributed by atoms with Crippen LogP contribution in [0.1, 0.15) is 11.6 Å². The number of hydrogen-bond acceptors (Lipinski definition) is 4. The molecule has 4 rings (SSSR count). The molecular formula is C19H19N3O. The Labute approximate surface area is 136 Å². The molecule has 1 aromatic heterocycles. The van der Waals surface area contributed by atoms with E-state index in [1.54, 1.807) is 13.3 Å². The summed E-state index contributed by atoms with van der Waals surface area (Å²) in [5, 5.41) is 3.58. The fraction of sp³-hybridized carbons (Fsp3) is 0.211. The highest BCUT2D eigenvalue weighted by Gasteiger charge is 2.27. The van der Waals surface area contributed by atoms with E-state index in [1.165, 1.54) is 11.4 Å². The van der Waals surface area contributed by atoms with Gasteiger partial charge in [-0.2, -0.15) is 0 Å². The third-order valence-corrected chi connectivity index (χ3v) is 4.35. The summed E-state index contributed by atoms with van der Waals surface area (Å²) in [5.41, 5.74) is 3.19. The SMILES string of the molecule is COc1cc(C2CN3CC=CC=C3N2)ccc1-c1ccccn1. The lowest BCUT2D eigenvalue weighted by Crippen LogP contribution is -2.21.